The topological polar surface area (TPSA) is 74.8 Å². The average Bonchev–Trinajstić information content (AvgIpc) is 2.62. The van der Waals surface area contributed by atoms with Crippen LogP contribution in [0.3, 0.4) is 0 Å². The average molecular weight is 237 g/mol. The van der Waals surface area contributed by atoms with Gasteiger partial charge in [0, 0.05) is 12.7 Å². The Hall–Kier alpha value is -1.69. The molecule has 2 aromatic heterocycles. The van der Waals surface area contributed by atoms with Gasteiger partial charge in [0.15, 0.2) is 0 Å². The third-order valence-electron chi connectivity index (χ3n) is 2.26. The van der Waals surface area contributed by atoms with Gasteiger partial charge in [-0.15, -0.1) is 0 Å². The molecule has 2 heterocycles. The summed E-state index contributed by atoms with van der Waals surface area (Å²) >= 11 is 1.22. The first-order chi connectivity index (χ1) is 7.65. The Morgan fingerprint density at radius 3 is 3.06 bits per heavy atom. The molecular formula is C10H11N3O2S. The molecule has 16 heavy (non-hydrogen) atoms. The number of fused-ring (bicyclic) bond motifs is 1. The van der Waals surface area contributed by atoms with E-state index in [1.165, 1.54) is 17.7 Å². The molecule has 1 amide bonds. The summed E-state index contributed by atoms with van der Waals surface area (Å²) in [7, 11) is 0. The van der Waals surface area contributed by atoms with Crippen molar-refractivity contribution >= 4 is 27.7 Å². The summed E-state index contributed by atoms with van der Waals surface area (Å²) < 4.78 is 4.08. The van der Waals surface area contributed by atoms with Crippen molar-refractivity contribution < 1.29 is 4.79 Å². The van der Waals surface area contributed by atoms with E-state index in [0.717, 1.165) is 0 Å². The minimum atomic E-state index is -0.351. The molecule has 5 nitrogen and oxygen atoms in total. The van der Waals surface area contributed by atoms with E-state index in [1.54, 1.807) is 6.92 Å². The number of rotatable bonds is 2. The molecule has 2 N–H and O–H groups in total. The summed E-state index contributed by atoms with van der Waals surface area (Å²) in [6.07, 6.45) is 1.44. The van der Waals surface area contributed by atoms with Crippen LogP contribution >= 0.6 is 11.5 Å². The van der Waals surface area contributed by atoms with Gasteiger partial charge in [-0.2, -0.15) is 4.37 Å². The fourth-order valence-corrected chi connectivity index (χ4v) is 2.26. The van der Waals surface area contributed by atoms with E-state index < -0.39 is 0 Å². The molecule has 0 radical (unpaired) electrons. The molecule has 0 fully saturated rings. The van der Waals surface area contributed by atoms with Gasteiger partial charge in [0.25, 0.3) is 5.91 Å². The maximum atomic E-state index is 12.0. The van der Waals surface area contributed by atoms with E-state index in [0.29, 0.717) is 22.5 Å². The largest absolute Gasteiger partial charge is 0.352 e. The summed E-state index contributed by atoms with van der Waals surface area (Å²) in [4.78, 5) is 27.2. The minimum absolute atomic E-state index is 0.137. The van der Waals surface area contributed by atoms with Crippen molar-refractivity contribution in [3.8, 4) is 0 Å². The highest BCUT2D eigenvalue weighted by molar-refractivity contribution is 7.12. The molecule has 0 saturated carbocycles. The number of hydrogen-bond acceptors (Lipinski definition) is 4. The van der Waals surface area contributed by atoms with Crippen LogP contribution in [-0.4, -0.2) is 21.8 Å². The summed E-state index contributed by atoms with van der Waals surface area (Å²) in [5.74, 6) is -0.351. The Bertz CT molecular complexity index is 600. The number of aromatic nitrogens is 2. The fraction of sp³-hybridized carbons (Fsp3) is 0.300. The molecular weight excluding hydrogens is 226 g/mol. The molecule has 0 aromatic carbocycles. The quantitative estimate of drug-likeness (QED) is 0.819. The second-order valence-electron chi connectivity index (χ2n) is 3.36. The monoisotopic (exact) mass is 237 g/mol. The van der Waals surface area contributed by atoms with E-state index in [-0.39, 0.29) is 16.9 Å². The lowest BCUT2D eigenvalue weighted by Crippen LogP contribution is -2.28. The molecule has 0 aliphatic heterocycles. The SMILES string of the molecule is CCNC(=O)c1c[nH]c2snc(C)c2c1=O. The first-order valence-electron chi connectivity index (χ1n) is 4.91. The summed E-state index contributed by atoms with van der Waals surface area (Å²) in [5, 5.41) is 3.11. The van der Waals surface area contributed by atoms with Crippen LogP contribution in [-0.2, 0) is 0 Å². The van der Waals surface area contributed by atoms with Gasteiger partial charge >= 0.3 is 0 Å². The molecule has 6 heteroatoms. The van der Waals surface area contributed by atoms with Crippen LogP contribution in [0.4, 0.5) is 0 Å². The van der Waals surface area contributed by atoms with Crippen molar-refractivity contribution in [3.05, 3.63) is 27.7 Å². The molecule has 0 aliphatic carbocycles. The number of nitrogens with zero attached hydrogens (tertiary/aromatic N) is 1. The molecule has 0 spiro atoms. The van der Waals surface area contributed by atoms with Crippen LogP contribution in [0.5, 0.6) is 0 Å². The van der Waals surface area contributed by atoms with Crippen molar-refractivity contribution in [1.29, 1.82) is 0 Å². The summed E-state index contributed by atoms with van der Waals surface area (Å²) in [5.41, 5.74) is 0.538. The Morgan fingerprint density at radius 1 is 1.62 bits per heavy atom. The first kappa shape index (κ1) is 10.8. The number of hydrogen-bond donors (Lipinski definition) is 2. The van der Waals surface area contributed by atoms with Crippen LogP contribution in [0, 0.1) is 6.92 Å². The van der Waals surface area contributed by atoms with Gasteiger partial charge in [-0.1, -0.05) is 0 Å². The van der Waals surface area contributed by atoms with Crippen molar-refractivity contribution in [3.63, 3.8) is 0 Å². The normalized spacial score (nSPS) is 10.6. The lowest BCUT2D eigenvalue weighted by Gasteiger charge is -2.01. The van der Waals surface area contributed by atoms with Crippen LogP contribution in [0.1, 0.15) is 23.0 Å². The zero-order valence-corrected chi connectivity index (χ0v) is 9.77. The highest BCUT2D eigenvalue weighted by Crippen LogP contribution is 2.16. The van der Waals surface area contributed by atoms with Gasteiger partial charge in [-0.05, 0) is 25.4 Å². The Balaban J connectivity index is 2.64. The van der Waals surface area contributed by atoms with E-state index in [4.69, 9.17) is 0 Å². The van der Waals surface area contributed by atoms with E-state index in [9.17, 15) is 9.59 Å². The van der Waals surface area contributed by atoms with Crippen LogP contribution < -0.4 is 10.7 Å². The van der Waals surface area contributed by atoms with Gasteiger partial charge in [0.1, 0.15) is 10.4 Å². The maximum Gasteiger partial charge on any atom is 0.256 e. The third kappa shape index (κ3) is 1.61. The van der Waals surface area contributed by atoms with Crippen LogP contribution in [0.2, 0.25) is 0 Å². The Kier molecular flexibility index (Phi) is 2.74. The molecule has 84 valence electrons. The lowest BCUT2D eigenvalue weighted by molar-refractivity contribution is 0.0954. The standard InChI is InChI=1S/C10H11N3O2S/c1-3-11-9(15)6-4-12-10-7(8(6)14)5(2)13-16-10/h4H,3H2,1-2H3,(H,11,15)(H,12,14). The van der Waals surface area contributed by atoms with Crippen molar-refractivity contribution in [2.45, 2.75) is 13.8 Å². The van der Waals surface area contributed by atoms with Gasteiger partial charge in [-0.3, -0.25) is 9.59 Å². The van der Waals surface area contributed by atoms with Crippen molar-refractivity contribution in [2.24, 2.45) is 0 Å². The summed E-state index contributed by atoms with van der Waals surface area (Å²) in [6, 6.07) is 0. The number of carbonyl (C=O) groups is 1. The molecule has 0 atom stereocenters. The second-order valence-corrected chi connectivity index (χ2v) is 4.14. The van der Waals surface area contributed by atoms with E-state index in [1.807, 2.05) is 6.92 Å². The Morgan fingerprint density at radius 2 is 2.38 bits per heavy atom. The molecule has 2 rings (SSSR count). The molecule has 2 aromatic rings. The Labute approximate surface area is 95.7 Å². The van der Waals surface area contributed by atoms with Crippen LogP contribution in [0.15, 0.2) is 11.0 Å². The highest BCUT2D eigenvalue weighted by Gasteiger charge is 2.14. The van der Waals surface area contributed by atoms with Crippen molar-refractivity contribution in [1.82, 2.24) is 14.7 Å². The minimum Gasteiger partial charge on any atom is -0.352 e. The second kappa shape index (κ2) is 4.05. The van der Waals surface area contributed by atoms with Crippen molar-refractivity contribution in [2.75, 3.05) is 6.54 Å². The number of aryl methyl sites for hydroxylation is 1. The predicted octanol–water partition coefficient (Wildman–Crippen LogP) is 1.04. The molecule has 0 unspecified atom stereocenters. The third-order valence-corrected chi connectivity index (χ3v) is 3.13. The summed E-state index contributed by atoms with van der Waals surface area (Å²) in [6.45, 7) is 4.06. The number of amides is 1. The predicted molar refractivity (Wildman–Crippen MR) is 63.0 cm³/mol. The maximum absolute atomic E-state index is 12.0. The zero-order chi connectivity index (χ0) is 11.7. The zero-order valence-electron chi connectivity index (χ0n) is 8.96. The molecule has 0 aliphatic rings. The molecule has 0 saturated heterocycles. The smallest absolute Gasteiger partial charge is 0.256 e. The van der Waals surface area contributed by atoms with Gasteiger partial charge in [-0.25, -0.2) is 0 Å². The lowest BCUT2D eigenvalue weighted by atomic mass is 10.2. The van der Waals surface area contributed by atoms with E-state index in [2.05, 4.69) is 14.7 Å². The van der Waals surface area contributed by atoms with Gasteiger partial charge < -0.3 is 10.3 Å². The number of aromatic amines is 1. The van der Waals surface area contributed by atoms with Crippen LogP contribution in [0.25, 0.3) is 10.2 Å². The number of pyridine rings is 1. The number of carbonyl (C=O) groups excluding carboxylic acids is 1. The number of H-pyrrole nitrogens is 1. The highest BCUT2D eigenvalue weighted by atomic mass is 32.1. The van der Waals surface area contributed by atoms with E-state index >= 15 is 0 Å². The fourth-order valence-electron chi connectivity index (χ4n) is 1.50. The van der Waals surface area contributed by atoms with Gasteiger partial charge in [0.05, 0.1) is 11.1 Å². The first-order valence-corrected chi connectivity index (χ1v) is 5.68. The number of nitrogens with one attached hydrogen (secondary N) is 2. The molecule has 0 bridgehead atoms. The van der Waals surface area contributed by atoms with Gasteiger partial charge in [0.2, 0.25) is 5.43 Å².